The van der Waals surface area contributed by atoms with Gasteiger partial charge in [-0.15, -0.1) is 0 Å². The number of nitrogens with one attached hydrogen (secondary N) is 1. The summed E-state index contributed by atoms with van der Waals surface area (Å²) in [7, 11) is 0. The Morgan fingerprint density at radius 2 is 2.17 bits per heavy atom. The molecule has 4 nitrogen and oxygen atoms in total. The van der Waals surface area contributed by atoms with Gasteiger partial charge in [0.15, 0.2) is 0 Å². The van der Waals surface area contributed by atoms with Crippen molar-refractivity contribution in [2.75, 3.05) is 5.32 Å². The predicted octanol–water partition coefficient (Wildman–Crippen LogP) is 3.45. The number of anilines is 1. The summed E-state index contributed by atoms with van der Waals surface area (Å²) < 4.78 is 0.834. The quantitative estimate of drug-likeness (QED) is 0.919. The molecule has 0 aliphatic rings. The summed E-state index contributed by atoms with van der Waals surface area (Å²) in [5.41, 5.74) is 1.08. The molecule has 0 fully saturated rings. The van der Waals surface area contributed by atoms with Crippen LogP contribution >= 0.6 is 27.5 Å². The average molecular weight is 327 g/mol. The first kappa shape index (κ1) is 13.0. The van der Waals surface area contributed by atoms with E-state index in [-0.39, 0.29) is 5.91 Å². The topological polar surface area (TPSA) is 54.9 Å². The van der Waals surface area contributed by atoms with E-state index in [0.717, 1.165) is 10.2 Å². The summed E-state index contributed by atoms with van der Waals surface area (Å²) in [5, 5.41) is 3.03. The zero-order chi connectivity index (χ0) is 13.1. The van der Waals surface area contributed by atoms with Crippen LogP contribution in [0, 0.1) is 6.92 Å². The number of rotatable bonds is 2. The van der Waals surface area contributed by atoms with E-state index in [0.29, 0.717) is 16.4 Å². The van der Waals surface area contributed by atoms with Gasteiger partial charge in [0.25, 0.3) is 5.91 Å². The highest BCUT2D eigenvalue weighted by atomic mass is 79.9. The molecule has 1 N–H and O–H groups in total. The minimum absolute atomic E-state index is 0.323. The molecule has 92 valence electrons. The van der Waals surface area contributed by atoms with Gasteiger partial charge in [0.2, 0.25) is 0 Å². The zero-order valence-corrected chi connectivity index (χ0v) is 11.8. The number of hydrogen-bond donors (Lipinski definition) is 1. The molecule has 0 saturated carbocycles. The molecular formula is C12H9BrClN3O. The fraction of sp³-hybridized carbons (Fsp3) is 0.0833. The van der Waals surface area contributed by atoms with Crippen molar-refractivity contribution in [2.24, 2.45) is 0 Å². The molecule has 2 heterocycles. The van der Waals surface area contributed by atoms with Crippen molar-refractivity contribution in [3.05, 3.63) is 51.3 Å². The van der Waals surface area contributed by atoms with Gasteiger partial charge in [-0.1, -0.05) is 27.5 Å². The van der Waals surface area contributed by atoms with Crippen molar-refractivity contribution in [1.82, 2.24) is 9.97 Å². The van der Waals surface area contributed by atoms with Crippen LogP contribution in [-0.4, -0.2) is 15.9 Å². The first-order valence-electron chi connectivity index (χ1n) is 5.11. The summed E-state index contributed by atoms with van der Waals surface area (Å²) in [5.74, 6) is 0.115. The second-order valence-electron chi connectivity index (χ2n) is 3.62. The molecule has 2 aromatic rings. The zero-order valence-electron chi connectivity index (χ0n) is 9.45. The van der Waals surface area contributed by atoms with Crippen LogP contribution in [0.3, 0.4) is 0 Å². The fourth-order valence-electron chi connectivity index (χ4n) is 1.35. The predicted molar refractivity (Wildman–Crippen MR) is 73.9 cm³/mol. The van der Waals surface area contributed by atoms with Gasteiger partial charge < -0.3 is 5.32 Å². The van der Waals surface area contributed by atoms with Crippen molar-refractivity contribution in [3.63, 3.8) is 0 Å². The number of carbonyl (C=O) groups excluding carboxylic acids is 1. The molecule has 1 amide bonds. The molecule has 0 aliphatic carbocycles. The van der Waals surface area contributed by atoms with E-state index in [4.69, 9.17) is 11.6 Å². The van der Waals surface area contributed by atoms with E-state index in [9.17, 15) is 4.79 Å². The molecule has 2 aromatic heterocycles. The molecule has 0 unspecified atom stereocenters. The Morgan fingerprint density at radius 1 is 1.39 bits per heavy atom. The van der Waals surface area contributed by atoms with Crippen molar-refractivity contribution in [3.8, 4) is 0 Å². The number of pyridine rings is 2. The summed E-state index contributed by atoms with van der Waals surface area (Å²) in [6.07, 6.45) is 3.04. The molecule has 0 bridgehead atoms. The molecule has 0 spiro atoms. The van der Waals surface area contributed by atoms with Crippen molar-refractivity contribution in [1.29, 1.82) is 0 Å². The van der Waals surface area contributed by atoms with Gasteiger partial charge >= 0.3 is 0 Å². The summed E-state index contributed by atoms with van der Waals surface area (Å²) in [6.45, 7) is 1.81. The van der Waals surface area contributed by atoms with Crippen LogP contribution < -0.4 is 5.32 Å². The number of carbonyl (C=O) groups is 1. The molecule has 18 heavy (non-hydrogen) atoms. The molecular weight excluding hydrogens is 318 g/mol. The highest BCUT2D eigenvalue weighted by Gasteiger charge is 2.11. The maximum Gasteiger partial charge on any atom is 0.259 e. The third-order valence-corrected chi connectivity index (χ3v) is 3.00. The maximum absolute atomic E-state index is 12.0. The van der Waals surface area contributed by atoms with Gasteiger partial charge in [-0.05, 0) is 25.1 Å². The minimum Gasteiger partial charge on any atom is -0.306 e. The number of amides is 1. The molecule has 0 aromatic carbocycles. The molecule has 0 aliphatic heterocycles. The Morgan fingerprint density at radius 3 is 2.83 bits per heavy atom. The first-order valence-corrected chi connectivity index (χ1v) is 6.28. The SMILES string of the molecule is Cc1cc(Cl)c(C(=O)Nc2cc(Br)ccn2)cn1. The van der Waals surface area contributed by atoms with E-state index in [1.807, 2.05) is 6.92 Å². The van der Waals surface area contributed by atoms with Gasteiger partial charge in [0.1, 0.15) is 5.82 Å². The second-order valence-corrected chi connectivity index (χ2v) is 4.94. The second kappa shape index (κ2) is 5.46. The van der Waals surface area contributed by atoms with Crippen LogP contribution in [0.5, 0.6) is 0 Å². The molecule has 0 radical (unpaired) electrons. The smallest absolute Gasteiger partial charge is 0.259 e. The average Bonchev–Trinajstić information content (AvgIpc) is 2.28. The normalized spacial score (nSPS) is 10.2. The van der Waals surface area contributed by atoms with Crippen molar-refractivity contribution in [2.45, 2.75) is 6.92 Å². The van der Waals surface area contributed by atoms with Crippen LogP contribution in [0.1, 0.15) is 16.1 Å². The van der Waals surface area contributed by atoms with Crippen molar-refractivity contribution < 1.29 is 4.79 Å². The van der Waals surface area contributed by atoms with Crippen LogP contribution in [-0.2, 0) is 0 Å². The Hall–Kier alpha value is -1.46. The van der Waals surface area contributed by atoms with Crippen LogP contribution in [0.4, 0.5) is 5.82 Å². The monoisotopic (exact) mass is 325 g/mol. The molecule has 2 rings (SSSR count). The van der Waals surface area contributed by atoms with E-state index in [2.05, 4.69) is 31.2 Å². The van der Waals surface area contributed by atoms with E-state index < -0.39 is 0 Å². The van der Waals surface area contributed by atoms with Crippen molar-refractivity contribution >= 4 is 39.3 Å². The largest absolute Gasteiger partial charge is 0.306 e. The number of hydrogen-bond acceptors (Lipinski definition) is 3. The van der Waals surface area contributed by atoms with E-state index in [1.54, 1.807) is 24.4 Å². The van der Waals surface area contributed by atoms with Crippen LogP contribution in [0.25, 0.3) is 0 Å². The lowest BCUT2D eigenvalue weighted by Crippen LogP contribution is -2.14. The van der Waals surface area contributed by atoms with Gasteiger partial charge in [0, 0.05) is 22.6 Å². The molecule has 0 saturated heterocycles. The standard InChI is InChI=1S/C12H9BrClN3O/c1-7-4-10(14)9(6-16-7)12(18)17-11-5-8(13)2-3-15-11/h2-6H,1H3,(H,15,17,18). The van der Waals surface area contributed by atoms with Crippen LogP contribution in [0.15, 0.2) is 35.1 Å². The molecule has 6 heteroatoms. The lowest BCUT2D eigenvalue weighted by atomic mass is 10.2. The van der Waals surface area contributed by atoms with E-state index in [1.165, 1.54) is 6.20 Å². The summed E-state index contributed by atoms with van der Waals surface area (Å²) >= 11 is 9.29. The fourth-order valence-corrected chi connectivity index (χ4v) is 1.98. The lowest BCUT2D eigenvalue weighted by Gasteiger charge is -2.06. The highest BCUT2D eigenvalue weighted by Crippen LogP contribution is 2.18. The minimum atomic E-state index is -0.335. The maximum atomic E-state index is 12.0. The summed E-state index contributed by atoms with van der Waals surface area (Å²) in [4.78, 5) is 20.0. The number of halogens is 2. The Kier molecular flexibility index (Phi) is 3.93. The Labute approximate surface area is 118 Å². The number of aryl methyl sites for hydroxylation is 1. The van der Waals surface area contributed by atoms with Gasteiger partial charge in [-0.2, -0.15) is 0 Å². The Bertz CT molecular complexity index is 604. The molecule has 0 atom stereocenters. The third-order valence-electron chi connectivity index (χ3n) is 2.20. The first-order chi connectivity index (χ1) is 8.56. The van der Waals surface area contributed by atoms with Crippen LogP contribution in [0.2, 0.25) is 5.02 Å². The third kappa shape index (κ3) is 3.05. The highest BCUT2D eigenvalue weighted by molar-refractivity contribution is 9.10. The summed E-state index contributed by atoms with van der Waals surface area (Å²) in [6, 6.07) is 5.12. The van der Waals surface area contributed by atoms with Gasteiger partial charge in [-0.25, -0.2) is 4.98 Å². The number of aromatic nitrogens is 2. The van der Waals surface area contributed by atoms with Gasteiger partial charge in [-0.3, -0.25) is 9.78 Å². The lowest BCUT2D eigenvalue weighted by molar-refractivity contribution is 0.102. The van der Waals surface area contributed by atoms with Gasteiger partial charge in [0.05, 0.1) is 10.6 Å². The Balaban J connectivity index is 2.22. The number of nitrogens with zero attached hydrogens (tertiary/aromatic N) is 2. The van der Waals surface area contributed by atoms with E-state index >= 15 is 0 Å².